The van der Waals surface area contributed by atoms with Crippen LogP contribution in [0.3, 0.4) is 0 Å². The molecule has 1 N–H and O–H groups in total. The highest BCUT2D eigenvalue weighted by Crippen LogP contribution is 2.27. The zero-order valence-corrected chi connectivity index (χ0v) is 17.9. The van der Waals surface area contributed by atoms with Crippen LogP contribution in [0.2, 0.25) is 0 Å². The molecular formula is C22H30N2O3S. The number of nitrogens with one attached hydrogen (secondary N) is 1. The second-order valence-corrected chi connectivity index (χ2v) is 9.01. The molecule has 0 aliphatic heterocycles. The molecule has 0 aromatic heterocycles. The Kier molecular flexibility index (Phi) is 7.63. The predicted octanol–water partition coefficient (Wildman–Crippen LogP) is 3.60. The van der Waals surface area contributed by atoms with E-state index in [4.69, 9.17) is 0 Å². The average molecular weight is 403 g/mol. The first kappa shape index (κ1) is 22.0. The van der Waals surface area contributed by atoms with Crippen molar-refractivity contribution in [1.82, 2.24) is 5.32 Å². The minimum atomic E-state index is -3.61. The number of anilines is 1. The van der Waals surface area contributed by atoms with E-state index in [2.05, 4.69) is 17.4 Å². The van der Waals surface area contributed by atoms with Gasteiger partial charge in [0.15, 0.2) is 0 Å². The lowest BCUT2D eigenvalue weighted by Gasteiger charge is -2.31. The van der Waals surface area contributed by atoms with Gasteiger partial charge in [0, 0.05) is 6.54 Å². The van der Waals surface area contributed by atoms with Crippen LogP contribution >= 0.6 is 0 Å². The molecule has 0 aliphatic rings. The Morgan fingerprint density at radius 3 is 2.39 bits per heavy atom. The fraction of sp³-hybridized carbons (Fsp3) is 0.409. The molecule has 0 aliphatic carbocycles. The predicted molar refractivity (Wildman–Crippen MR) is 115 cm³/mol. The monoisotopic (exact) mass is 402 g/mol. The van der Waals surface area contributed by atoms with Crippen LogP contribution in [0, 0.1) is 13.8 Å². The number of benzene rings is 2. The summed E-state index contributed by atoms with van der Waals surface area (Å²) in [6.45, 7) is 6.11. The van der Waals surface area contributed by atoms with E-state index in [0.29, 0.717) is 18.7 Å². The van der Waals surface area contributed by atoms with Crippen LogP contribution in [-0.2, 0) is 21.2 Å². The van der Waals surface area contributed by atoms with Crippen LogP contribution in [-0.4, -0.2) is 33.2 Å². The number of carbonyl (C=O) groups is 1. The molecule has 0 heterocycles. The summed E-state index contributed by atoms with van der Waals surface area (Å²) >= 11 is 0. The van der Waals surface area contributed by atoms with Crippen LogP contribution in [0.25, 0.3) is 0 Å². The molecule has 6 heteroatoms. The van der Waals surface area contributed by atoms with Gasteiger partial charge in [-0.15, -0.1) is 0 Å². The highest BCUT2D eigenvalue weighted by molar-refractivity contribution is 7.92. The van der Waals surface area contributed by atoms with Crippen molar-refractivity contribution in [2.45, 2.75) is 46.1 Å². The number of rotatable bonds is 9. The highest BCUT2D eigenvalue weighted by atomic mass is 32.2. The lowest BCUT2D eigenvalue weighted by atomic mass is 10.1. The topological polar surface area (TPSA) is 66.5 Å². The standard InChI is InChI=1S/C22H30N2O3S/c1-5-20(22(25)23-15-9-12-19-10-7-6-8-11-19)24(28(4,26)27)21-16-17(2)13-14-18(21)3/h6-8,10-11,13-14,16,20H,5,9,12,15H2,1-4H3,(H,23,25)/t20-/m0/s1. The van der Waals surface area contributed by atoms with Crippen molar-refractivity contribution in [3.05, 3.63) is 65.2 Å². The molecule has 2 aromatic rings. The van der Waals surface area contributed by atoms with Crippen molar-refractivity contribution in [2.75, 3.05) is 17.1 Å². The normalized spacial score (nSPS) is 12.4. The molecule has 2 aromatic carbocycles. The Hall–Kier alpha value is -2.34. The van der Waals surface area contributed by atoms with Crippen molar-refractivity contribution in [3.63, 3.8) is 0 Å². The molecule has 28 heavy (non-hydrogen) atoms. The summed E-state index contributed by atoms with van der Waals surface area (Å²) in [4.78, 5) is 12.8. The van der Waals surface area contributed by atoms with Crippen molar-refractivity contribution in [1.29, 1.82) is 0 Å². The number of aryl methyl sites for hydroxylation is 3. The van der Waals surface area contributed by atoms with Crippen molar-refractivity contribution >= 4 is 21.6 Å². The first-order valence-corrected chi connectivity index (χ1v) is 11.5. The summed E-state index contributed by atoms with van der Waals surface area (Å²) in [5.41, 5.74) is 3.56. The summed E-state index contributed by atoms with van der Waals surface area (Å²) in [5.74, 6) is -0.262. The zero-order chi connectivity index (χ0) is 20.7. The molecule has 0 radical (unpaired) electrons. The molecule has 0 bridgehead atoms. The Bertz CT molecular complexity index is 895. The van der Waals surface area contributed by atoms with Crippen LogP contribution in [0.4, 0.5) is 5.69 Å². The SMILES string of the molecule is CC[C@@H](C(=O)NCCCc1ccccc1)N(c1cc(C)ccc1C)S(C)(=O)=O. The van der Waals surface area contributed by atoms with Crippen molar-refractivity contribution in [2.24, 2.45) is 0 Å². The fourth-order valence-electron chi connectivity index (χ4n) is 3.26. The first-order valence-electron chi connectivity index (χ1n) is 9.62. The maximum atomic E-state index is 12.8. The van der Waals surface area contributed by atoms with E-state index in [0.717, 1.165) is 30.2 Å². The Balaban J connectivity index is 2.12. The van der Waals surface area contributed by atoms with Gasteiger partial charge in [0.2, 0.25) is 15.9 Å². The molecule has 0 saturated carbocycles. The van der Waals surface area contributed by atoms with Gasteiger partial charge in [-0.05, 0) is 55.9 Å². The van der Waals surface area contributed by atoms with E-state index in [-0.39, 0.29) is 5.91 Å². The fourth-order valence-corrected chi connectivity index (χ4v) is 4.52. The van der Waals surface area contributed by atoms with E-state index < -0.39 is 16.1 Å². The summed E-state index contributed by atoms with van der Waals surface area (Å²) < 4.78 is 26.4. The van der Waals surface area contributed by atoms with Crippen molar-refractivity contribution < 1.29 is 13.2 Å². The lowest BCUT2D eigenvalue weighted by molar-refractivity contribution is -0.122. The minimum absolute atomic E-state index is 0.262. The highest BCUT2D eigenvalue weighted by Gasteiger charge is 2.32. The minimum Gasteiger partial charge on any atom is -0.354 e. The Morgan fingerprint density at radius 1 is 1.11 bits per heavy atom. The Labute approximate surface area is 168 Å². The number of hydrogen-bond acceptors (Lipinski definition) is 3. The molecule has 0 saturated heterocycles. The van der Waals surface area contributed by atoms with Gasteiger partial charge in [-0.1, -0.05) is 49.4 Å². The molecule has 5 nitrogen and oxygen atoms in total. The number of sulfonamides is 1. The van der Waals surface area contributed by atoms with Crippen molar-refractivity contribution in [3.8, 4) is 0 Å². The number of carbonyl (C=O) groups excluding carboxylic acids is 1. The van der Waals surface area contributed by atoms with E-state index in [1.54, 1.807) is 0 Å². The second kappa shape index (κ2) is 9.73. The van der Waals surface area contributed by atoms with Gasteiger partial charge in [0.05, 0.1) is 11.9 Å². The molecule has 0 fully saturated rings. The molecule has 1 amide bonds. The van der Waals surface area contributed by atoms with Gasteiger partial charge < -0.3 is 5.32 Å². The lowest BCUT2D eigenvalue weighted by Crippen LogP contribution is -2.49. The summed E-state index contributed by atoms with van der Waals surface area (Å²) in [5, 5.41) is 2.92. The van der Waals surface area contributed by atoms with Crippen LogP contribution < -0.4 is 9.62 Å². The molecule has 0 spiro atoms. The van der Waals surface area contributed by atoms with E-state index >= 15 is 0 Å². The number of amides is 1. The summed E-state index contributed by atoms with van der Waals surface area (Å²) in [7, 11) is -3.61. The third kappa shape index (κ3) is 5.83. The smallest absolute Gasteiger partial charge is 0.243 e. The zero-order valence-electron chi connectivity index (χ0n) is 17.1. The van der Waals surface area contributed by atoms with Gasteiger partial charge in [-0.3, -0.25) is 9.10 Å². The van der Waals surface area contributed by atoms with E-state index in [1.165, 1.54) is 9.87 Å². The molecular weight excluding hydrogens is 372 g/mol. The van der Waals surface area contributed by atoms with Gasteiger partial charge in [0.1, 0.15) is 6.04 Å². The first-order chi connectivity index (χ1) is 13.2. The van der Waals surface area contributed by atoms with Gasteiger partial charge in [0.25, 0.3) is 0 Å². The number of nitrogens with zero attached hydrogens (tertiary/aromatic N) is 1. The van der Waals surface area contributed by atoms with Gasteiger partial charge >= 0.3 is 0 Å². The quantitative estimate of drug-likeness (QED) is 0.652. The van der Waals surface area contributed by atoms with Gasteiger partial charge in [-0.25, -0.2) is 8.42 Å². The molecule has 152 valence electrons. The van der Waals surface area contributed by atoms with E-state index in [1.807, 2.05) is 57.2 Å². The largest absolute Gasteiger partial charge is 0.354 e. The molecule has 2 rings (SSSR count). The third-order valence-corrected chi connectivity index (χ3v) is 5.88. The van der Waals surface area contributed by atoms with Crippen LogP contribution in [0.15, 0.2) is 48.5 Å². The van der Waals surface area contributed by atoms with Gasteiger partial charge in [-0.2, -0.15) is 0 Å². The third-order valence-electron chi connectivity index (χ3n) is 4.72. The number of hydrogen-bond donors (Lipinski definition) is 1. The maximum Gasteiger partial charge on any atom is 0.243 e. The average Bonchev–Trinajstić information content (AvgIpc) is 2.65. The van der Waals surface area contributed by atoms with Crippen LogP contribution in [0.1, 0.15) is 36.5 Å². The van der Waals surface area contributed by atoms with E-state index in [9.17, 15) is 13.2 Å². The summed E-state index contributed by atoms with van der Waals surface area (Å²) in [6, 6.07) is 14.9. The second-order valence-electron chi connectivity index (χ2n) is 7.15. The summed E-state index contributed by atoms with van der Waals surface area (Å²) in [6.07, 6.45) is 3.21. The molecule has 0 unspecified atom stereocenters. The molecule has 1 atom stereocenters. The Morgan fingerprint density at radius 2 is 1.79 bits per heavy atom. The maximum absolute atomic E-state index is 12.8. The van der Waals surface area contributed by atoms with Crippen LogP contribution in [0.5, 0.6) is 0 Å².